The lowest BCUT2D eigenvalue weighted by Gasteiger charge is -2.22. The molecule has 1 aliphatic heterocycles. The van der Waals surface area contributed by atoms with Crippen molar-refractivity contribution in [3.05, 3.63) is 115 Å². The summed E-state index contributed by atoms with van der Waals surface area (Å²) in [6, 6.07) is 26.3. The number of nitrogens with zero attached hydrogens (tertiary/aromatic N) is 5. The van der Waals surface area contributed by atoms with E-state index in [4.69, 9.17) is 23.3 Å². The summed E-state index contributed by atoms with van der Waals surface area (Å²) in [5.41, 5.74) is 1.54. The van der Waals surface area contributed by atoms with Gasteiger partial charge < -0.3 is 23.3 Å². The zero-order chi connectivity index (χ0) is 37.4. The molecule has 16 heteroatoms. The Hall–Kier alpha value is -5.73. The molecule has 1 fully saturated rings. The van der Waals surface area contributed by atoms with Crippen molar-refractivity contribution in [2.75, 3.05) is 23.4 Å². The third-order valence-electron chi connectivity index (χ3n) is 7.81. The number of amides is 2. The molecule has 0 bridgehead atoms. The Morgan fingerprint density at radius 2 is 1.53 bits per heavy atom. The molecule has 1 aliphatic rings. The van der Waals surface area contributed by atoms with Crippen molar-refractivity contribution in [1.82, 2.24) is 19.5 Å². The number of rotatable bonds is 13. The molecule has 15 nitrogen and oxygen atoms in total. The number of anilines is 3. The normalized spacial score (nSPS) is 17.2. The van der Waals surface area contributed by atoms with Gasteiger partial charge in [-0.2, -0.15) is 9.97 Å². The largest absolute Gasteiger partial charge is 0.454 e. The van der Waals surface area contributed by atoms with Crippen LogP contribution in [0.5, 0.6) is 5.88 Å². The van der Waals surface area contributed by atoms with Gasteiger partial charge in [0.15, 0.2) is 23.5 Å². The molecular formula is C37H37N6O9P. The maximum atomic E-state index is 13.9. The average molecular weight is 741 g/mol. The number of aromatic nitrogens is 4. The third kappa shape index (κ3) is 8.84. The van der Waals surface area contributed by atoms with Crippen LogP contribution in [0.1, 0.15) is 43.8 Å². The Labute approximate surface area is 305 Å². The maximum absolute atomic E-state index is 13.9. The fourth-order valence-electron chi connectivity index (χ4n) is 5.61. The quantitative estimate of drug-likeness (QED) is 0.0937. The van der Waals surface area contributed by atoms with Crippen LogP contribution in [-0.4, -0.2) is 62.9 Å². The number of carbonyl (C=O) groups excluding carboxylic acids is 3. The molecule has 1 saturated heterocycles. The van der Waals surface area contributed by atoms with E-state index in [1.807, 2.05) is 12.1 Å². The van der Waals surface area contributed by atoms with Gasteiger partial charge in [0.05, 0.1) is 42.6 Å². The Bertz CT molecular complexity index is 2080. The number of ether oxygens (including phenoxy) is 3. The first-order valence-corrected chi connectivity index (χ1v) is 18.4. The number of fused-ring (bicyclic) bond motifs is 1. The number of hydrogen-bond donors (Lipinski definition) is 1. The van der Waals surface area contributed by atoms with Gasteiger partial charge in [-0.1, -0.05) is 54.6 Å². The van der Waals surface area contributed by atoms with Crippen LogP contribution in [0.4, 0.5) is 22.1 Å². The predicted octanol–water partition coefficient (Wildman–Crippen LogP) is 7.41. The van der Waals surface area contributed by atoms with Crippen molar-refractivity contribution in [3.63, 3.8) is 0 Å². The van der Waals surface area contributed by atoms with Crippen LogP contribution in [-0.2, 0) is 27.9 Å². The molecular weight excluding hydrogens is 703 g/mol. The monoisotopic (exact) mass is 740 g/mol. The van der Waals surface area contributed by atoms with Gasteiger partial charge in [-0.15, -0.1) is 0 Å². The fourth-order valence-corrected chi connectivity index (χ4v) is 6.98. The summed E-state index contributed by atoms with van der Waals surface area (Å²) >= 11 is 0. The van der Waals surface area contributed by atoms with Gasteiger partial charge in [0, 0.05) is 19.2 Å². The van der Waals surface area contributed by atoms with Gasteiger partial charge in [0.2, 0.25) is 11.9 Å². The Kier molecular flexibility index (Phi) is 11.7. The number of esters is 1. The molecule has 3 aromatic carbocycles. The second kappa shape index (κ2) is 16.7. The lowest BCUT2D eigenvalue weighted by Crippen LogP contribution is -2.29. The summed E-state index contributed by atoms with van der Waals surface area (Å²) < 4.78 is 43.7. The zero-order valence-electron chi connectivity index (χ0n) is 29.1. The summed E-state index contributed by atoms with van der Waals surface area (Å²) in [5.74, 6) is -0.177. The van der Waals surface area contributed by atoms with Crippen molar-refractivity contribution in [2.45, 2.75) is 45.6 Å². The van der Waals surface area contributed by atoms with Crippen molar-refractivity contribution in [2.24, 2.45) is 0 Å². The van der Waals surface area contributed by atoms with Crippen LogP contribution in [0.25, 0.3) is 11.2 Å². The minimum absolute atomic E-state index is 0.0569. The number of para-hydroxylation sites is 2. The van der Waals surface area contributed by atoms with Gasteiger partial charge in [-0.05, 0) is 56.3 Å². The molecule has 2 amide bonds. The number of imidazole rings is 1. The molecule has 3 atom stereocenters. The number of hydrogen-bond acceptors (Lipinski definition) is 12. The van der Waals surface area contributed by atoms with Crippen molar-refractivity contribution >= 4 is 54.1 Å². The van der Waals surface area contributed by atoms with Crippen molar-refractivity contribution in [3.8, 4) is 5.88 Å². The lowest BCUT2D eigenvalue weighted by molar-refractivity contribution is -0.114. The van der Waals surface area contributed by atoms with Gasteiger partial charge in [0.25, 0.3) is 5.88 Å². The molecule has 0 aliphatic carbocycles. The first kappa shape index (κ1) is 37.0. The molecule has 0 unspecified atom stereocenters. The predicted molar refractivity (Wildman–Crippen MR) is 195 cm³/mol. The Morgan fingerprint density at radius 1 is 0.925 bits per heavy atom. The van der Waals surface area contributed by atoms with E-state index in [2.05, 4.69) is 20.3 Å². The van der Waals surface area contributed by atoms with Crippen molar-refractivity contribution < 1.29 is 42.2 Å². The Balaban J connectivity index is 1.38. The van der Waals surface area contributed by atoms with Crippen molar-refractivity contribution in [1.29, 1.82) is 0 Å². The Morgan fingerprint density at radius 3 is 2.11 bits per heavy atom. The molecule has 53 heavy (non-hydrogen) atoms. The van der Waals surface area contributed by atoms with E-state index in [1.54, 1.807) is 98.8 Å². The molecule has 6 rings (SSSR count). The molecule has 0 spiro atoms. The maximum Gasteiger partial charge on any atom is 0.425 e. The summed E-state index contributed by atoms with van der Waals surface area (Å²) in [6.45, 7) is 5.00. The second-order valence-electron chi connectivity index (χ2n) is 11.6. The minimum atomic E-state index is -3.58. The average Bonchev–Trinajstić information content (AvgIpc) is 3.76. The molecule has 3 heterocycles. The van der Waals surface area contributed by atoms with E-state index in [0.717, 1.165) is 0 Å². The van der Waals surface area contributed by atoms with E-state index in [0.29, 0.717) is 16.9 Å². The first-order chi connectivity index (χ1) is 25.7. The lowest BCUT2D eigenvalue weighted by atomic mass is 10.2. The van der Waals surface area contributed by atoms with Crippen LogP contribution >= 0.6 is 7.60 Å². The van der Waals surface area contributed by atoms with E-state index in [9.17, 15) is 18.9 Å². The molecule has 1 N–H and O–H groups in total. The highest BCUT2D eigenvalue weighted by Crippen LogP contribution is 2.50. The SMILES string of the molecule is CCOP(=O)(C=C[C@@H]1C[C@@H](OC(=O)c2ccccc2)[C@H](n2cnc3c(OC(=O)N(c4ccccc4)c4ccccc4)nc(NC(C)=O)nc32)O1)OCC. The highest BCUT2D eigenvalue weighted by molar-refractivity contribution is 7.57. The highest BCUT2D eigenvalue weighted by atomic mass is 31.2. The van der Waals surface area contributed by atoms with Gasteiger partial charge in [-0.25, -0.2) is 19.5 Å². The zero-order valence-corrected chi connectivity index (χ0v) is 30.0. The number of benzene rings is 3. The van der Waals surface area contributed by atoms with Crippen LogP contribution in [0.3, 0.4) is 0 Å². The van der Waals surface area contributed by atoms with E-state index < -0.39 is 44.0 Å². The molecule has 274 valence electrons. The fraction of sp³-hybridized carbons (Fsp3) is 0.243. The smallest absolute Gasteiger partial charge is 0.425 e. The molecule has 2 aromatic heterocycles. The van der Waals surface area contributed by atoms with Crippen LogP contribution in [0.15, 0.2) is 109 Å². The van der Waals surface area contributed by atoms with Crippen LogP contribution < -0.4 is 15.0 Å². The molecule has 5 aromatic rings. The van der Waals surface area contributed by atoms with E-state index in [1.165, 1.54) is 28.5 Å². The van der Waals surface area contributed by atoms with Crippen LogP contribution in [0, 0.1) is 0 Å². The summed E-state index contributed by atoms with van der Waals surface area (Å²) in [6.07, 6.45) is -0.408. The van der Waals surface area contributed by atoms with Gasteiger partial charge in [-0.3, -0.25) is 19.2 Å². The second-order valence-corrected chi connectivity index (χ2v) is 13.5. The highest BCUT2D eigenvalue weighted by Gasteiger charge is 2.40. The third-order valence-corrected chi connectivity index (χ3v) is 9.59. The summed E-state index contributed by atoms with van der Waals surface area (Å²) in [4.78, 5) is 54.1. The number of carbonyl (C=O) groups is 3. The summed E-state index contributed by atoms with van der Waals surface area (Å²) in [7, 11) is -3.58. The van der Waals surface area contributed by atoms with Gasteiger partial charge >= 0.3 is 19.7 Å². The van der Waals surface area contributed by atoms with Crippen LogP contribution in [0.2, 0.25) is 0 Å². The van der Waals surface area contributed by atoms with Gasteiger partial charge in [0.1, 0.15) is 0 Å². The number of nitrogens with one attached hydrogen (secondary N) is 1. The minimum Gasteiger partial charge on any atom is -0.454 e. The van der Waals surface area contributed by atoms with E-state index in [-0.39, 0.29) is 42.6 Å². The standard InChI is InChI=1S/C37H37N6O9P/c1-4-48-53(47,49-5-2)22-21-29-23-30(51-35(45)26-15-9-6-10-16-26)34(50-29)42-24-38-31-32(42)40-36(39-25(3)44)41-33(31)52-37(46)43(27-17-11-7-12-18-27)28-19-13-8-14-20-28/h6-22,24,29-30,34H,4-5,23H2,1-3H3,(H,39,40,41,44)/t29-,30-,34-/m1/s1. The first-order valence-electron chi connectivity index (χ1n) is 16.8. The van der Waals surface area contributed by atoms with E-state index >= 15 is 0 Å². The molecule has 0 saturated carbocycles. The molecule has 0 radical (unpaired) electrons. The topological polar surface area (TPSA) is 173 Å². The summed E-state index contributed by atoms with van der Waals surface area (Å²) in [5, 5.41) is 2.54.